The van der Waals surface area contributed by atoms with Crippen LogP contribution in [-0.2, 0) is 0 Å². The van der Waals surface area contributed by atoms with E-state index in [4.69, 9.17) is 0 Å². The van der Waals surface area contributed by atoms with Gasteiger partial charge in [-0.1, -0.05) is 0 Å². The molecule has 0 aromatic heterocycles. The zero-order chi connectivity index (χ0) is 51.8. The number of nitrogens with zero attached hydrogens (tertiary/aromatic N) is 2. The minimum absolute atomic E-state index is 0.0517. The van der Waals surface area contributed by atoms with Crippen LogP contribution in [0, 0.1) is 27.7 Å². The van der Waals surface area contributed by atoms with Crippen LogP contribution in [0.4, 0.5) is 34.1 Å². The maximum absolute atomic E-state index is 3.38. The standard InChI is InChI=1S/C70H47B6N2.Bi/c1-43-21-19-22-44(2)65(43)75-53-33-15-17-35-61(53)77-63-42-64-60(41-59(63)73-51-31-13-11-29-49(51)71(47-25-7-5-8-26-47)55-37-39-57(75)69(77)67(55)73)74-52-32-14-12-30-50(52)72(48-27-9-6-10-28-48)56-38-40-58-70(68(56)74)78(64)62-36-18-16-34-54(62)76(58)66-45(3)23-20-24-46(66)4;/h5-34,37-41H,1-4H3;. The Hall–Kier alpha value is -7.71. The van der Waals surface area contributed by atoms with Gasteiger partial charge in [-0.15, -0.1) is 0 Å². The summed E-state index contributed by atoms with van der Waals surface area (Å²) in [7, 11) is 0. The molecule has 0 N–H and O–H groups in total. The van der Waals surface area contributed by atoms with Crippen molar-refractivity contribution in [3.05, 3.63) is 235 Å². The van der Waals surface area contributed by atoms with E-state index in [2.05, 4.69) is 250 Å². The van der Waals surface area contributed by atoms with Gasteiger partial charge in [0, 0.05) is 0 Å². The summed E-state index contributed by atoms with van der Waals surface area (Å²) >= 11 is -3.38. The van der Waals surface area contributed by atoms with Gasteiger partial charge in [-0.3, -0.25) is 0 Å². The van der Waals surface area contributed by atoms with E-state index in [0.717, 1.165) is 0 Å². The van der Waals surface area contributed by atoms with E-state index in [1.807, 2.05) is 0 Å². The summed E-state index contributed by atoms with van der Waals surface area (Å²) in [5.41, 5.74) is 40.5. The summed E-state index contributed by atoms with van der Waals surface area (Å²) in [4.78, 5) is 5.83. The van der Waals surface area contributed by atoms with Crippen LogP contribution < -0.4 is 118 Å². The second-order valence-electron chi connectivity index (χ2n) is 23.8. The number of fused-ring (bicyclic) bond motifs is 8. The van der Waals surface area contributed by atoms with Crippen LogP contribution in [0.3, 0.4) is 0 Å². The Bertz CT molecular complexity index is 4310. The molecule has 8 heterocycles. The first-order chi connectivity index (χ1) is 39.0. The van der Waals surface area contributed by atoms with Crippen LogP contribution in [0.15, 0.2) is 212 Å². The Morgan fingerprint density at radius 3 is 1.00 bits per heavy atom. The molecule has 8 aliphatic heterocycles. The van der Waals surface area contributed by atoms with Crippen molar-refractivity contribution in [1.82, 2.24) is 0 Å². The average Bonchev–Trinajstić information content (AvgIpc) is 2.64. The number of para-hydroxylation sites is 2. The van der Waals surface area contributed by atoms with Gasteiger partial charge in [-0.25, -0.2) is 0 Å². The first-order valence-corrected chi connectivity index (χ1v) is 33.8. The molecular formula is C70H47B6BiN2. The third kappa shape index (κ3) is 5.32. The van der Waals surface area contributed by atoms with E-state index in [1.54, 1.807) is 9.81 Å². The summed E-state index contributed by atoms with van der Waals surface area (Å²) in [5, 5.41) is 0. The first kappa shape index (κ1) is 44.2. The molecule has 8 aliphatic rings. The molecule has 0 aliphatic carbocycles. The van der Waals surface area contributed by atoms with E-state index >= 15 is 0 Å². The van der Waals surface area contributed by atoms with Gasteiger partial charge in [0.05, 0.1) is 0 Å². The fourth-order valence-corrected chi connectivity index (χ4v) is 29.1. The number of rotatable bonds is 4. The van der Waals surface area contributed by atoms with E-state index in [1.165, 1.54) is 155 Å². The number of anilines is 6. The molecule has 11 aromatic carbocycles. The molecule has 360 valence electrons. The van der Waals surface area contributed by atoms with Crippen molar-refractivity contribution in [3.8, 4) is 0 Å². The molecule has 9 heteroatoms. The van der Waals surface area contributed by atoms with Crippen LogP contribution in [0.5, 0.6) is 0 Å². The summed E-state index contributed by atoms with van der Waals surface area (Å²) in [5.74, 6) is 0. The molecule has 79 heavy (non-hydrogen) atoms. The third-order valence-electron chi connectivity index (χ3n) is 20.2. The van der Waals surface area contributed by atoms with Crippen molar-refractivity contribution >= 4 is 204 Å². The number of hydrogen-bond acceptors (Lipinski definition) is 2. The van der Waals surface area contributed by atoms with Gasteiger partial charge in [-0.05, 0) is 0 Å². The van der Waals surface area contributed by atoms with Crippen molar-refractivity contribution in [2.75, 3.05) is 9.80 Å². The van der Waals surface area contributed by atoms with Crippen LogP contribution in [0.1, 0.15) is 22.3 Å². The van der Waals surface area contributed by atoms with Crippen molar-refractivity contribution in [1.29, 1.82) is 0 Å². The fourth-order valence-electron chi connectivity index (χ4n) is 17.5. The minimum atomic E-state index is -3.38. The van der Waals surface area contributed by atoms with E-state index in [0.29, 0.717) is 0 Å². The second kappa shape index (κ2) is 15.6. The van der Waals surface area contributed by atoms with Crippen LogP contribution in [-0.4, -0.2) is 62.0 Å². The van der Waals surface area contributed by atoms with Crippen LogP contribution in [0.2, 0.25) is 0 Å². The van der Waals surface area contributed by atoms with Gasteiger partial charge < -0.3 is 0 Å². The predicted octanol–water partition coefficient (Wildman–Crippen LogP) is -0.0195. The molecule has 0 atom stereocenters. The molecule has 0 unspecified atom stereocenters. The molecule has 0 bridgehead atoms. The van der Waals surface area contributed by atoms with E-state index in [9.17, 15) is 0 Å². The van der Waals surface area contributed by atoms with Crippen LogP contribution >= 0.6 is 0 Å². The van der Waals surface area contributed by atoms with E-state index in [-0.39, 0.29) is 40.3 Å². The molecule has 0 amide bonds. The SMILES string of the molecule is Cc1cccc(C)c1B1c2ccc[c]3c2N2c4c1ccc1c4B(c4ccccc4B1c1ccccc1)c1cc4c5[c](c12)[Bi]3[c]1cccc2c1N5c1c(ccc3c1B4c1ccccc1B3c1ccccc1)B2c1c(C)cccc1C. The van der Waals surface area contributed by atoms with Crippen molar-refractivity contribution in [3.63, 3.8) is 0 Å². The summed E-state index contributed by atoms with van der Waals surface area (Å²) in [6, 6.07) is 84.4. The maximum atomic E-state index is 2.91. The summed E-state index contributed by atoms with van der Waals surface area (Å²) in [6.07, 6.45) is 0. The van der Waals surface area contributed by atoms with Crippen molar-refractivity contribution in [2.45, 2.75) is 27.7 Å². The Kier molecular flexibility index (Phi) is 8.70. The molecule has 0 radical (unpaired) electrons. The number of hydrogen-bond donors (Lipinski definition) is 0. The Morgan fingerprint density at radius 1 is 0.253 bits per heavy atom. The number of benzene rings is 11. The number of aryl methyl sites for hydroxylation is 4. The van der Waals surface area contributed by atoms with Crippen LogP contribution in [0.25, 0.3) is 0 Å². The molecule has 0 saturated carbocycles. The predicted molar refractivity (Wildman–Crippen MR) is 346 cm³/mol. The molecule has 2 nitrogen and oxygen atoms in total. The second-order valence-corrected chi connectivity index (χ2v) is 31.9. The Labute approximate surface area is 472 Å². The van der Waals surface area contributed by atoms with Gasteiger partial charge in [0.15, 0.2) is 0 Å². The molecule has 11 aromatic rings. The van der Waals surface area contributed by atoms with E-state index < -0.39 is 21.8 Å². The monoisotopic (exact) mass is 1190 g/mol. The third-order valence-corrected chi connectivity index (χ3v) is 30.2. The van der Waals surface area contributed by atoms with Gasteiger partial charge >= 0.3 is 476 Å². The van der Waals surface area contributed by atoms with Gasteiger partial charge in [0.2, 0.25) is 0 Å². The molecule has 19 rings (SSSR count). The quantitative estimate of drug-likeness (QED) is 0.229. The van der Waals surface area contributed by atoms with Crippen molar-refractivity contribution in [2.24, 2.45) is 0 Å². The zero-order valence-electron chi connectivity index (χ0n) is 44.5. The fraction of sp³-hybridized carbons (Fsp3) is 0.0571. The molecule has 0 spiro atoms. The average molecular weight is 1190 g/mol. The summed E-state index contributed by atoms with van der Waals surface area (Å²) in [6.45, 7) is 9.94. The first-order valence-electron chi connectivity index (χ1n) is 28.6. The Balaban J connectivity index is 1.00. The topological polar surface area (TPSA) is 6.48 Å². The molecular weight excluding hydrogens is 1140 g/mol. The summed E-state index contributed by atoms with van der Waals surface area (Å²) < 4.78 is 4.94. The normalized spacial score (nSPS) is 15.1. The van der Waals surface area contributed by atoms with Crippen molar-refractivity contribution < 1.29 is 0 Å². The molecule has 0 fully saturated rings. The Morgan fingerprint density at radius 2 is 0.582 bits per heavy atom. The zero-order valence-corrected chi connectivity index (χ0v) is 48.0. The molecule has 0 saturated heterocycles. The van der Waals surface area contributed by atoms with Gasteiger partial charge in [0.25, 0.3) is 0 Å². The van der Waals surface area contributed by atoms with Gasteiger partial charge in [-0.2, -0.15) is 0 Å². The van der Waals surface area contributed by atoms with Gasteiger partial charge in [0.1, 0.15) is 0 Å².